The normalized spacial score (nSPS) is 10.8. The molecule has 2 aromatic carbocycles. The zero-order chi connectivity index (χ0) is 20.4. The Morgan fingerprint density at radius 1 is 1.14 bits per heavy atom. The average molecular weight is 405 g/mol. The van der Waals surface area contributed by atoms with Crippen LogP contribution in [-0.4, -0.2) is 15.3 Å². The SMILES string of the molecule is Cc1cccc(C(=O)Nc2ccccc2OCc2cc(=O)n3cc(C)sc3n2)c1. The van der Waals surface area contributed by atoms with Crippen molar-refractivity contribution in [2.45, 2.75) is 20.5 Å². The van der Waals surface area contributed by atoms with Crippen LogP contribution in [0, 0.1) is 13.8 Å². The molecule has 0 saturated heterocycles. The number of rotatable bonds is 5. The molecular formula is C22H19N3O3S. The minimum absolute atomic E-state index is 0.125. The summed E-state index contributed by atoms with van der Waals surface area (Å²) in [5, 5.41) is 2.89. The van der Waals surface area contributed by atoms with Gasteiger partial charge in [-0.3, -0.25) is 14.0 Å². The second-order valence-corrected chi connectivity index (χ2v) is 7.90. The number of amides is 1. The van der Waals surface area contributed by atoms with E-state index in [4.69, 9.17) is 4.74 Å². The molecule has 1 amide bonds. The quantitative estimate of drug-likeness (QED) is 0.540. The lowest BCUT2D eigenvalue weighted by atomic mass is 10.1. The third kappa shape index (κ3) is 4.20. The van der Waals surface area contributed by atoms with Crippen LogP contribution in [0.3, 0.4) is 0 Å². The molecule has 4 aromatic rings. The Kier molecular flexibility index (Phi) is 5.14. The molecule has 0 fully saturated rings. The minimum Gasteiger partial charge on any atom is -0.485 e. The van der Waals surface area contributed by atoms with Gasteiger partial charge in [-0.15, -0.1) is 11.3 Å². The van der Waals surface area contributed by atoms with Crippen LogP contribution in [0.4, 0.5) is 5.69 Å². The minimum atomic E-state index is -0.211. The van der Waals surface area contributed by atoms with Crippen LogP contribution in [-0.2, 0) is 6.61 Å². The van der Waals surface area contributed by atoms with Gasteiger partial charge in [0.25, 0.3) is 11.5 Å². The standard InChI is InChI=1S/C22H19N3O3S/c1-14-6-5-7-16(10-14)21(27)24-18-8-3-4-9-19(18)28-13-17-11-20(26)25-12-15(2)29-22(25)23-17/h3-12H,13H2,1-2H3,(H,24,27). The first-order valence-corrected chi connectivity index (χ1v) is 9.90. The Labute approximate surface area is 171 Å². The fourth-order valence-electron chi connectivity index (χ4n) is 2.96. The van der Waals surface area contributed by atoms with Crippen LogP contribution in [0.2, 0.25) is 0 Å². The molecule has 6 nitrogen and oxygen atoms in total. The Morgan fingerprint density at radius 2 is 1.97 bits per heavy atom. The smallest absolute Gasteiger partial charge is 0.258 e. The molecule has 0 aliphatic carbocycles. The zero-order valence-corrected chi connectivity index (χ0v) is 16.8. The van der Waals surface area contributed by atoms with Crippen molar-refractivity contribution < 1.29 is 9.53 Å². The van der Waals surface area contributed by atoms with Gasteiger partial charge < -0.3 is 10.1 Å². The highest BCUT2D eigenvalue weighted by atomic mass is 32.1. The van der Waals surface area contributed by atoms with E-state index in [9.17, 15) is 9.59 Å². The molecule has 7 heteroatoms. The lowest BCUT2D eigenvalue weighted by Gasteiger charge is -2.12. The Morgan fingerprint density at radius 3 is 2.79 bits per heavy atom. The van der Waals surface area contributed by atoms with E-state index in [0.29, 0.717) is 27.7 Å². The average Bonchev–Trinajstić information content (AvgIpc) is 3.08. The third-order valence-electron chi connectivity index (χ3n) is 4.33. The van der Waals surface area contributed by atoms with Gasteiger partial charge in [0, 0.05) is 22.7 Å². The molecule has 2 aromatic heterocycles. The van der Waals surface area contributed by atoms with Crippen molar-refractivity contribution in [3.8, 4) is 5.75 Å². The number of para-hydroxylation sites is 2. The number of carbonyl (C=O) groups excluding carboxylic acids is 1. The lowest BCUT2D eigenvalue weighted by molar-refractivity contribution is 0.102. The van der Waals surface area contributed by atoms with Crippen molar-refractivity contribution in [1.82, 2.24) is 9.38 Å². The highest BCUT2D eigenvalue weighted by molar-refractivity contribution is 7.16. The highest BCUT2D eigenvalue weighted by Crippen LogP contribution is 2.25. The van der Waals surface area contributed by atoms with Gasteiger partial charge >= 0.3 is 0 Å². The van der Waals surface area contributed by atoms with Crippen LogP contribution in [0.25, 0.3) is 4.96 Å². The molecule has 0 bridgehead atoms. The van der Waals surface area contributed by atoms with Gasteiger partial charge in [-0.2, -0.15) is 0 Å². The zero-order valence-electron chi connectivity index (χ0n) is 16.0. The maximum Gasteiger partial charge on any atom is 0.258 e. The first-order valence-electron chi connectivity index (χ1n) is 9.08. The van der Waals surface area contributed by atoms with Crippen LogP contribution in [0.1, 0.15) is 26.5 Å². The molecule has 29 heavy (non-hydrogen) atoms. The Hall–Kier alpha value is -3.45. The van der Waals surface area contributed by atoms with E-state index < -0.39 is 0 Å². The van der Waals surface area contributed by atoms with Crippen molar-refractivity contribution in [1.29, 1.82) is 0 Å². The third-order valence-corrected chi connectivity index (χ3v) is 5.23. The van der Waals surface area contributed by atoms with Crippen LogP contribution >= 0.6 is 11.3 Å². The summed E-state index contributed by atoms with van der Waals surface area (Å²) in [5.74, 6) is 0.300. The number of hydrogen-bond acceptors (Lipinski definition) is 5. The van der Waals surface area contributed by atoms with E-state index in [1.54, 1.807) is 24.4 Å². The predicted octanol–water partition coefficient (Wildman–Crippen LogP) is 4.20. The van der Waals surface area contributed by atoms with Gasteiger partial charge in [-0.05, 0) is 38.1 Å². The van der Waals surface area contributed by atoms with E-state index in [-0.39, 0.29) is 18.1 Å². The molecule has 2 heterocycles. The summed E-state index contributed by atoms with van der Waals surface area (Å²) < 4.78 is 7.40. The van der Waals surface area contributed by atoms with Crippen molar-refractivity contribution in [3.05, 3.63) is 92.8 Å². The van der Waals surface area contributed by atoms with Crippen LogP contribution < -0.4 is 15.6 Å². The largest absolute Gasteiger partial charge is 0.485 e. The van der Waals surface area contributed by atoms with Crippen LogP contribution in [0.15, 0.2) is 65.6 Å². The van der Waals surface area contributed by atoms with E-state index in [2.05, 4.69) is 10.3 Å². The molecule has 0 radical (unpaired) electrons. The van der Waals surface area contributed by atoms with Gasteiger partial charge in [-0.25, -0.2) is 4.98 Å². The van der Waals surface area contributed by atoms with E-state index in [0.717, 1.165) is 10.4 Å². The second kappa shape index (κ2) is 7.89. The fraction of sp³-hybridized carbons (Fsp3) is 0.136. The van der Waals surface area contributed by atoms with Gasteiger partial charge in [0.05, 0.1) is 11.4 Å². The number of aryl methyl sites for hydroxylation is 2. The first kappa shape index (κ1) is 18.9. The first-order chi connectivity index (χ1) is 14.0. The summed E-state index contributed by atoms with van der Waals surface area (Å²) in [6.07, 6.45) is 1.77. The number of nitrogens with zero attached hydrogens (tertiary/aromatic N) is 2. The van der Waals surface area contributed by atoms with Crippen molar-refractivity contribution in [2.24, 2.45) is 0 Å². The molecule has 0 spiro atoms. The fourth-order valence-corrected chi connectivity index (χ4v) is 3.81. The number of thiazole rings is 1. The summed E-state index contributed by atoms with van der Waals surface area (Å²) >= 11 is 1.45. The number of hydrogen-bond donors (Lipinski definition) is 1. The van der Waals surface area contributed by atoms with Gasteiger partial charge in [0.1, 0.15) is 12.4 Å². The number of benzene rings is 2. The van der Waals surface area contributed by atoms with Gasteiger partial charge in [-0.1, -0.05) is 29.8 Å². The molecule has 0 saturated carbocycles. The van der Waals surface area contributed by atoms with Crippen molar-refractivity contribution in [2.75, 3.05) is 5.32 Å². The summed E-state index contributed by atoms with van der Waals surface area (Å²) in [6.45, 7) is 4.00. The monoisotopic (exact) mass is 405 g/mol. The van der Waals surface area contributed by atoms with Crippen molar-refractivity contribution in [3.63, 3.8) is 0 Å². The van der Waals surface area contributed by atoms with E-state index in [1.807, 2.05) is 44.2 Å². The molecule has 4 rings (SSSR count). The Bertz CT molecular complexity index is 1260. The number of fused-ring (bicyclic) bond motifs is 1. The molecule has 0 aliphatic rings. The summed E-state index contributed by atoms with van der Waals surface area (Å²) in [4.78, 5) is 30.9. The van der Waals surface area contributed by atoms with E-state index in [1.165, 1.54) is 21.8 Å². The lowest BCUT2D eigenvalue weighted by Crippen LogP contribution is -2.15. The Balaban J connectivity index is 1.53. The van der Waals surface area contributed by atoms with Gasteiger partial charge in [0.2, 0.25) is 0 Å². The second-order valence-electron chi connectivity index (χ2n) is 6.69. The predicted molar refractivity (Wildman–Crippen MR) is 114 cm³/mol. The summed E-state index contributed by atoms with van der Waals surface area (Å²) in [7, 11) is 0. The van der Waals surface area contributed by atoms with Crippen molar-refractivity contribution >= 4 is 27.9 Å². The van der Waals surface area contributed by atoms with Gasteiger partial charge in [0.15, 0.2) is 4.96 Å². The highest BCUT2D eigenvalue weighted by Gasteiger charge is 2.11. The number of aromatic nitrogens is 2. The van der Waals surface area contributed by atoms with E-state index >= 15 is 0 Å². The maximum atomic E-state index is 12.6. The number of nitrogens with one attached hydrogen (secondary N) is 1. The summed E-state index contributed by atoms with van der Waals surface area (Å²) in [6, 6.07) is 16.0. The number of anilines is 1. The number of ether oxygens (including phenoxy) is 1. The molecule has 0 unspecified atom stereocenters. The molecule has 0 atom stereocenters. The number of carbonyl (C=O) groups is 1. The molecule has 1 N–H and O–H groups in total. The molecule has 0 aliphatic heterocycles. The summed E-state index contributed by atoms with van der Waals surface area (Å²) in [5.41, 5.74) is 2.55. The maximum absolute atomic E-state index is 12.6. The van der Waals surface area contributed by atoms with Crippen LogP contribution in [0.5, 0.6) is 5.75 Å². The molecular weight excluding hydrogens is 386 g/mol. The topological polar surface area (TPSA) is 72.7 Å². The molecule has 146 valence electrons.